The van der Waals surface area contributed by atoms with E-state index < -0.39 is 0 Å². The zero-order valence-corrected chi connectivity index (χ0v) is 14.4. The van der Waals surface area contributed by atoms with Crippen LogP contribution >= 0.6 is 11.6 Å². The summed E-state index contributed by atoms with van der Waals surface area (Å²) in [5.74, 6) is -0.0742. The standard InChI is InChI=1S/C18H25ClO4/c1-2-3-9-14-22-17(20)12-5-4-6-13-18(21)23-16-11-8-7-10-15(16)19/h7-8,10-11H,2-6,9,12-14H2,1H3. The Labute approximate surface area is 143 Å². The number of carbonyl (C=O) groups excluding carboxylic acids is 2. The molecule has 0 radical (unpaired) electrons. The average Bonchev–Trinajstić information content (AvgIpc) is 2.53. The Kier molecular flexibility index (Phi) is 10.1. The van der Waals surface area contributed by atoms with Crippen LogP contribution in [0.4, 0.5) is 0 Å². The topological polar surface area (TPSA) is 52.6 Å². The molecule has 0 saturated heterocycles. The van der Waals surface area contributed by atoms with Crippen LogP contribution in [-0.4, -0.2) is 18.5 Å². The maximum atomic E-state index is 11.7. The van der Waals surface area contributed by atoms with Crippen molar-refractivity contribution >= 4 is 23.5 Å². The molecule has 0 saturated carbocycles. The summed E-state index contributed by atoms with van der Waals surface area (Å²) in [6, 6.07) is 6.88. The van der Waals surface area contributed by atoms with Crippen LogP contribution in [0.1, 0.15) is 58.3 Å². The number of hydrogen-bond acceptors (Lipinski definition) is 4. The minimum atomic E-state index is -0.305. The molecule has 0 aliphatic heterocycles. The van der Waals surface area contributed by atoms with Crippen molar-refractivity contribution in [1.29, 1.82) is 0 Å². The van der Waals surface area contributed by atoms with E-state index in [1.54, 1.807) is 24.3 Å². The molecular weight excluding hydrogens is 316 g/mol. The molecule has 23 heavy (non-hydrogen) atoms. The molecule has 0 atom stereocenters. The van der Waals surface area contributed by atoms with E-state index in [1.165, 1.54) is 0 Å². The molecule has 5 heteroatoms. The van der Waals surface area contributed by atoms with E-state index in [0.29, 0.717) is 36.6 Å². The molecule has 4 nitrogen and oxygen atoms in total. The third-order valence-electron chi connectivity index (χ3n) is 3.33. The van der Waals surface area contributed by atoms with Gasteiger partial charge in [-0.05, 0) is 31.4 Å². The van der Waals surface area contributed by atoms with Gasteiger partial charge in [0.15, 0.2) is 0 Å². The summed E-state index contributed by atoms with van der Waals surface area (Å²) in [5.41, 5.74) is 0. The Morgan fingerprint density at radius 1 is 0.957 bits per heavy atom. The zero-order valence-electron chi connectivity index (χ0n) is 13.7. The van der Waals surface area contributed by atoms with E-state index in [-0.39, 0.29) is 11.9 Å². The summed E-state index contributed by atoms with van der Waals surface area (Å²) < 4.78 is 10.3. The van der Waals surface area contributed by atoms with Crippen molar-refractivity contribution in [2.24, 2.45) is 0 Å². The Morgan fingerprint density at radius 3 is 2.35 bits per heavy atom. The van der Waals surface area contributed by atoms with Crippen molar-refractivity contribution in [3.8, 4) is 5.75 Å². The summed E-state index contributed by atoms with van der Waals surface area (Å²) in [6.45, 7) is 2.62. The van der Waals surface area contributed by atoms with Crippen LogP contribution in [0.3, 0.4) is 0 Å². The molecule has 0 aliphatic rings. The zero-order chi connectivity index (χ0) is 16.9. The predicted octanol–water partition coefficient (Wildman–Crippen LogP) is 4.93. The minimum absolute atomic E-state index is 0.153. The van der Waals surface area contributed by atoms with Crippen LogP contribution < -0.4 is 4.74 Å². The summed E-state index contributed by atoms with van der Waals surface area (Å²) >= 11 is 5.92. The maximum Gasteiger partial charge on any atom is 0.311 e. The van der Waals surface area contributed by atoms with Crippen molar-refractivity contribution < 1.29 is 19.1 Å². The third-order valence-corrected chi connectivity index (χ3v) is 3.65. The van der Waals surface area contributed by atoms with Crippen molar-refractivity contribution in [3.63, 3.8) is 0 Å². The molecule has 0 amide bonds. The molecule has 1 aromatic rings. The lowest BCUT2D eigenvalue weighted by atomic mass is 10.1. The minimum Gasteiger partial charge on any atom is -0.466 e. The monoisotopic (exact) mass is 340 g/mol. The first kappa shape index (κ1) is 19.5. The summed E-state index contributed by atoms with van der Waals surface area (Å²) in [7, 11) is 0. The number of unbranched alkanes of at least 4 members (excludes halogenated alkanes) is 4. The van der Waals surface area contributed by atoms with Crippen molar-refractivity contribution in [3.05, 3.63) is 29.3 Å². The SMILES string of the molecule is CCCCCOC(=O)CCCCCC(=O)Oc1ccccc1Cl. The number of carbonyl (C=O) groups is 2. The van der Waals surface area contributed by atoms with E-state index >= 15 is 0 Å². The van der Waals surface area contributed by atoms with Crippen LogP contribution in [0.2, 0.25) is 5.02 Å². The van der Waals surface area contributed by atoms with Gasteiger partial charge in [0, 0.05) is 12.8 Å². The van der Waals surface area contributed by atoms with Gasteiger partial charge in [-0.15, -0.1) is 0 Å². The second-order valence-corrected chi connectivity index (χ2v) is 5.80. The highest BCUT2D eigenvalue weighted by Gasteiger charge is 2.08. The second-order valence-electron chi connectivity index (χ2n) is 5.39. The van der Waals surface area contributed by atoms with Gasteiger partial charge in [0.2, 0.25) is 0 Å². The lowest BCUT2D eigenvalue weighted by Gasteiger charge is -2.06. The Balaban J connectivity index is 2.05. The van der Waals surface area contributed by atoms with Gasteiger partial charge in [0.05, 0.1) is 11.6 Å². The molecule has 0 spiro atoms. The first-order valence-electron chi connectivity index (χ1n) is 8.24. The van der Waals surface area contributed by atoms with Gasteiger partial charge < -0.3 is 9.47 Å². The fourth-order valence-corrected chi connectivity index (χ4v) is 2.20. The van der Waals surface area contributed by atoms with E-state index in [0.717, 1.165) is 32.1 Å². The van der Waals surface area contributed by atoms with Gasteiger partial charge in [-0.25, -0.2) is 0 Å². The summed E-state index contributed by atoms with van der Waals surface area (Å²) in [4.78, 5) is 23.1. The fourth-order valence-electron chi connectivity index (χ4n) is 2.03. The van der Waals surface area contributed by atoms with Crippen molar-refractivity contribution in [2.75, 3.05) is 6.61 Å². The Bertz CT molecular complexity index is 488. The second kappa shape index (κ2) is 11.9. The molecule has 0 aliphatic carbocycles. The van der Waals surface area contributed by atoms with Crippen LogP contribution in [0, 0.1) is 0 Å². The fraction of sp³-hybridized carbons (Fsp3) is 0.556. The smallest absolute Gasteiger partial charge is 0.311 e. The van der Waals surface area contributed by atoms with Gasteiger partial charge in [0.25, 0.3) is 0 Å². The van der Waals surface area contributed by atoms with E-state index in [9.17, 15) is 9.59 Å². The number of benzene rings is 1. The molecular formula is C18H25ClO4. The molecule has 0 fully saturated rings. The van der Waals surface area contributed by atoms with Crippen LogP contribution in [-0.2, 0) is 14.3 Å². The van der Waals surface area contributed by atoms with Gasteiger partial charge >= 0.3 is 11.9 Å². The maximum absolute atomic E-state index is 11.7. The molecule has 0 unspecified atom stereocenters. The number of hydrogen-bond donors (Lipinski definition) is 0. The largest absolute Gasteiger partial charge is 0.466 e. The lowest BCUT2D eigenvalue weighted by molar-refractivity contribution is -0.143. The van der Waals surface area contributed by atoms with Crippen LogP contribution in [0.15, 0.2) is 24.3 Å². The van der Waals surface area contributed by atoms with Gasteiger partial charge in [-0.3, -0.25) is 9.59 Å². The van der Waals surface area contributed by atoms with Crippen LogP contribution in [0.25, 0.3) is 0 Å². The number of esters is 2. The highest BCUT2D eigenvalue weighted by molar-refractivity contribution is 6.32. The van der Waals surface area contributed by atoms with Gasteiger partial charge in [-0.2, -0.15) is 0 Å². The van der Waals surface area contributed by atoms with E-state index in [1.807, 2.05) is 0 Å². The summed E-state index contributed by atoms with van der Waals surface area (Å²) in [5, 5.41) is 0.423. The van der Waals surface area contributed by atoms with Crippen molar-refractivity contribution in [1.82, 2.24) is 0 Å². The average molecular weight is 341 g/mol. The Morgan fingerprint density at radius 2 is 1.65 bits per heavy atom. The van der Waals surface area contributed by atoms with E-state index in [2.05, 4.69) is 6.92 Å². The number of para-hydroxylation sites is 1. The first-order valence-corrected chi connectivity index (χ1v) is 8.62. The quantitative estimate of drug-likeness (QED) is 0.325. The molecule has 0 bridgehead atoms. The van der Waals surface area contributed by atoms with Gasteiger partial charge in [0.1, 0.15) is 5.75 Å². The molecule has 1 aromatic carbocycles. The molecule has 0 heterocycles. The Hall–Kier alpha value is -1.55. The molecule has 128 valence electrons. The lowest BCUT2D eigenvalue weighted by Crippen LogP contribution is -2.08. The van der Waals surface area contributed by atoms with Crippen LogP contribution in [0.5, 0.6) is 5.75 Å². The first-order chi connectivity index (χ1) is 11.1. The predicted molar refractivity (Wildman–Crippen MR) is 90.7 cm³/mol. The van der Waals surface area contributed by atoms with Crippen molar-refractivity contribution in [2.45, 2.75) is 58.3 Å². The summed E-state index contributed by atoms with van der Waals surface area (Å²) in [6.07, 6.45) is 6.06. The highest BCUT2D eigenvalue weighted by Crippen LogP contribution is 2.23. The molecule has 0 N–H and O–H groups in total. The number of ether oxygens (including phenoxy) is 2. The molecule has 0 aromatic heterocycles. The highest BCUT2D eigenvalue weighted by atomic mass is 35.5. The number of rotatable bonds is 11. The number of halogens is 1. The normalized spacial score (nSPS) is 10.3. The third kappa shape index (κ3) is 9.24. The van der Waals surface area contributed by atoms with E-state index in [4.69, 9.17) is 21.1 Å². The van der Waals surface area contributed by atoms with Gasteiger partial charge in [-0.1, -0.05) is 49.9 Å². The molecule has 1 rings (SSSR count).